The van der Waals surface area contributed by atoms with E-state index in [0.717, 1.165) is 18.5 Å². The number of nitrogens with zero attached hydrogens (tertiary/aromatic N) is 2. The van der Waals surface area contributed by atoms with Crippen molar-refractivity contribution in [3.8, 4) is 0 Å². The van der Waals surface area contributed by atoms with Crippen molar-refractivity contribution in [1.29, 1.82) is 0 Å². The van der Waals surface area contributed by atoms with Gasteiger partial charge in [-0.25, -0.2) is 4.98 Å². The van der Waals surface area contributed by atoms with Crippen LogP contribution in [-0.4, -0.2) is 38.8 Å². The van der Waals surface area contributed by atoms with Gasteiger partial charge in [0.15, 0.2) is 0 Å². The fraction of sp³-hybridized carbons (Fsp3) is 0.304. The highest BCUT2D eigenvalue weighted by Crippen LogP contribution is 2.13. The first-order chi connectivity index (χ1) is 14.9. The second-order valence-electron chi connectivity index (χ2n) is 7.36. The van der Waals surface area contributed by atoms with Gasteiger partial charge in [-0.2, -0.15) is 0 Å². The molecule has 0 aliphatic rings. The first kappa shape index (κ1) is 22.0. The smallest absolute Gasteiger partial charge is 0.307 e. The van der Waals surface area contributed by atoms with Gasteiger partial charge < -0.3 is 15.7 Å². The third kappa shape index (κ3) is 6.15. The Morgan fingerprint density at radius 1 is 1.03 bits per heavy atom. The molecule has 0 aliphatic heterocycles. The van der Waals surface area contributed by atoms with Crippen LogP contribution in [0, 0.1) is 6.92 Å². The lowest BCUT2D eigenvalue weighted by Gasteiger charge is -2.07. The monoisotopic (exact) mass is 422 g/mol. The van der Waals surface area contributed by atoms with Crippen LogP contribution in [0.15, 0.2) is 48.7 Å². The average Bonchev–Trinajstić information content (AvgIpc) is 3.07. The molecule has 0 saturated carbocycles. The molecule has 8 heteroatoms. The molecule has 8 nitrogen and oxygen atoms in total. The van der Waals surface area contributed by atoms with E-state index in [0.29, 0.717) is 42.0 Å². The minimum absolute atomic E-state index is 0.0401. The van der Waals surface area contributed by atoms with Gasteiger partial charge in [-0.1, -0.05) is 24.6 Å². The number of carbonyl (C=O) groups is 3. The van der Waals surface area contributed by atoms with E-state index in [4.69, 9.17) is 5.11 Å². The Morgan fingerprint density at radius 3 is 2.55 bits per heavy atom. The van der Waals surface area contributed by atoms with Crippen LogP contribution in [0.1, 0.15) is 47.4 Å². The van der Waals surface area contributed by atoms with Crippen LogP contribution >= 0.6 is 0 Å². The molecule has 0 radical (unpaired) electrons. The summed E-state index contributed by atoms with van der Waals surface area (Å²) in [4.78, 5) is 39.6. The lowest BCUT2D eigenvalue weighted by atomic mass is 10.1. The molecule has 3 rings (SSSR count). The maximum Gasteiger partial charge on any atom is 0.307 e. The Kier molecular flexibility index (Phi) is 7.37. The Hall–Kier alpha value is -3.68. The van der Waals surface area contributed by atoms with Crippen LogP contribution in [0.5, 0.6) is 0 Å². The number of aliphatic carboxylic acids is 1. The van der Waals surface area contributed by atoms with Crippen LogP contribution in [0.4, 0.5) is 5.69 Å². The molecule has 0 fully saturated rings. The summed E-state index contributed by atoms with van der Waals surface area (Å²) in [6, 6.07) is 12.4. The minimum Gasteiger partial charge on any atom is -0.481 e. The average molecular weight is 422 g/mol. The molecule has 2 aromatic heterocycles. The standard InChI is InChI=1S/C23H26N4O4/c1-16-22(27-14-6-4-7-19(27)25-16)23(31)24-13-5-2-3-8-20(28)26-18-11-9-17(10-12-18)15-21(29)30/h4,6-7,9-12,14H,2-3,5,8,13,15H2,1H3,(H,24,31)(H,26,28)(H,29,30). The van der Waals surface area contributed by atoms with E-state index in [2.05, 4.69) is 15.6 Å². The van der Waals surface area contributed by atoms with E-state index in [1.807, 2.05) is 31.3 Å². The summed E-state index contributed by atoms with van der Waals surface area (Å²) < 4.78 is 1.78. The molecule has 1 aromatic carbocycles. The molecule has 0 unspecified atom stereocenters. The van der Waals surface area contributed by atoms with Crippen molar-refractivity contribution in [2.24, 2.45) is 0 Å². The predicted octanol–water partition coefficient (Wildman–Crippen LogP) is 3.20. The molecule has 2 amide bonds. The number of rotatable bonds is 10. The SMILES string of the molecule is Cc1nc2ccccn2c1C(=O)NCCCCCC(=O)Nc1ccc(CC(=O)O)cc1. The number of nitrogens with one attached hydrogen (secondary N) is 2. The number of amides is 2. The topological polar surface area (TPSA) is 113 Å². The third-order valence-electron chi connectivity index (χ3n) is 4.88. The number of fused-ring (bicyclic) bond motifs is 1. The van der Waals surface area contributed by atoms with Crippen molar-refractivity contribution in [3.05, 3.63) is 65.6 Å². The fourth-order valence-electron chi connectivity index (χ4n) is 3.36. The summed E-state index contributed by atoms with van der Waals surface area (Å²) in [5.74, 6) is -1.13. The molecule has 3 aromatic rings. The number of aryl methyl sites for hydroxylation is 1. The molecular weight excluding hydrogens is 396 g/mol. The highest BCUT2D eigenvalue weighted by molar-refractivity contribution is 5.94. The highest BCUT2D eigenvalue weighted by atomic mass is 16.4. The number of pyridine rings is 1. The Labute approximate surface area is 180 Å². The number of carboxylic acids is 1. The van der Waals surface area contributed by atoms with Gasteiger partial charge in [-0.05, 0) is 49.6 Å². The van der Waals surface area contributed by atoms with Gasteiger partial charge in [0, 0.05) is 24.8 Å². The number of hydrogen-bond acceptors (Lipinski definition) is 4. The molecule has 0 aliphatic carbocycles. The first-order valence-corrected chi connectivity index (χ1v) is 10.3. The zero-order chi connectivity index (χ0) is 22.2. The number of carbonyl (C=O) groups excluding carboxylic acids is 2. The number of unbranched alkanes of at least 4 members (excludes halogenated alkanes) is 2. The van der Waals surface area contributed by atoms with Gasteiger partial charge in [-0.3, -0.25) is 18.8 Å². The van der Waals surface area contributed by atoms with Gasteiger partial charge in [0.25, 0.3) is 5.91 Å². The Bertz CT molecular complexity index is 1070. The third-order valence-corrected chi connectivity index (χ3v) is 4.88. The second kappa shape index (κ2) is 10.4. The number of carboxylic acid groups (broad SMARTS) is 1. The largest absolute Gasteiger partial charge is 0.481 e. The maximum absolute atomic E-state index is 12.5. The van der Waals surface area contributed by atoms with E-state index in [9.17, 15) is 14.4 Å². The fourth-order valence-corrected chi connectivity index (χ4v) is 3.36. The van der Waals surface area contributed by atoms with E-state index in [1.54, 1.807) is 28.7 Å². The Morgan fingerprint density at radius 2 is 1.81 bits per heavy atom. The lowest BCUT2D eigenvalue weighted by Crippen LogP contribution is -2.26. The molecule has 0 spiro atoms. The van der Waals surface area contributed by atoms with Gasteiger partial charge in [0.1, 0.15) is 11.3 Å². The molecule has 0 atom stereocenters. The Balaban J connectivity index is 1.34. The summed E-state index contributed by atoms with van der Waals surface area (Å²) in [5, 5.41) is 14.5. The van der Waals surface area contributed by atoms with Crippen LogP contribution in [0.25, 0.3) is 5.65 Å². The van der Waals surface area contributed by atoms with Crippen LogP contribution < -0.4 is 10.6 Å². The maximum atomic E-state index is 12.5. The summed E-state index contributed by atoms with van der Waals surface area (Å²) >= 11 is 0. The van der Waals surface area contributed by atoms with Crippen molar-refractivity contribution < 1.29 is 19.5 Å². The van der Waals surface area contributed by atoms with Crippen molar-refractivity contribution in [2.75, 3.05) is 11.9 Å². The number of imidazole rings is 1. The number of aromatic nitrogens is 2. The number of anilines is 1. The molecular formula is C23H26N4O4. The molecule has 3 N–H and O–H groups in total. The van der Waals surface area contributed by atoms with Gasteiger partial charge in [0.2, 0.25) is 5.91 Å². The van der Waals surface area contributed by atoms with Crippen molar-refractivity contribution in [3.63, 3.8) is 0 Å². The summed E-state index contributed by atoms with van der Waals surface area (Å²) in [7, 11) is 0. The normalized spacial score (nSPS) is 10.7. The van der Waals surface area contributed by atoms with Gasteiger partial charge in [-0.15, -0.1) is 0 Å². The number of benzene rings is 1. The molecule has 162 valence electrons. The van der Waals surface area contributed by atoms with E-state index >= 15 is 0 Å². The van der Waals surface area contributed by atoms with Crippen molar-refractivity contribution >= 4 is 29.1 Å². The zero-order valence-electron chi connectivity index (χ0n) is 17.4. The number of hydrogen-bond donors (Lipinski definition) is 3. The van der Waals surface area contributed by atoms with Crippen molar-refractivity contribution in [2.45, 2.75) is 39.0 Å². The van der Waals surface area contributed by atoms with E-state index in [1.165, 1.54) is 0 Å². The van der Waals surface area contributed by atoms with E-state index < -0.39 is 5.97 Å². The summed E-state index contributed by atoms with van der Waals surface area (Å²) in [6.45, 7) is 2.35. The van der Waals surface area contributed by atoms with E-state index in [-0.39, 0.29) is 18.2 Å². The van der Waals surface area contributed by atoms with Crippen molar-refractivity contribution in [1.82, 2.24) is 14.7 Å². The first-order valence-electron chi connectivity index (χ1n) is 10.3. The highest BCUT2D eigenvalue weighted by Gasteiger charge is 2.15. The molecule has 0 bridgehead atoms. The van der Waals surface area contributed by atoms with Crippen LogP contribution in [0.2, 0.25) is 0 Å². The zero-order valence-corrected chi connectivity index (χ0v) is 17.4. The van der Waals surface area contributed by atoms with Crippen LogP contribution in [-0.2, 0) is 16.0 Å². The molecule has 0 saturated heterocycles. The summed E-state index contributed by atoms with van der Waals surface area (Å²) in [6.07, 6.45) is 4.48. The van der Waals surface area contributed by atoms with Gasteiger partial charge in [0.05, 0.1) is 12.1 Å². The quantitative estimate of drug-likeness (QED) is 0.434. The lowest BCUT2D eigenvalue weighted by molar-refractivity contribution is -0.136. The van der Waals surface area contributed by atoms with Gasteiger partial charge >= 0.3 is 5.97 Å². The molecule has 31 heavy (non-hydrogen) atoms. The second-order valence-corrected chi connectivity index (χ2v) is 7.36. The molecule has 2 heterocycles. The minimum atomic E-state index is -0.887. The predicted molar refractivity (Wildman–Crippen MR) is 117 cm³/mol. The summed E-state index contributed by atoms with van der Waals surface area (Å²) in [5.41, 5.74) is 3.31. The van der Waals surface area contributed by atoms with Crippen LogP contribution in [0.3, 0.4) is 0 Å².